The second kappa shape index (κ2) is 4.91. The maximum Gasteiger partial charge on any atom is 0.0574 e. The smallest absolute Gasteiger partial charge is 0.0574 e. The largest absolute Gasteiger partial charge is 0.158 e. The molecule has 0 spiro atoms. The van der Waals surface area contributed by atoms with Gasteiger partial charge in [-0.2, -0.15) is 10.2 Å². The maximum absolute atomic E-state index is 3.76. The first-order valence-corrected chi connectivity index (χ1v) is 3.12. The number of hydrogen-bond donors (Lipinski definition) is 0. The number of nitrogens with zero attached hydrogens (tertiary/aromatic N) is 2. The molecule has 0 saturated heterocycles. The van der Waals surface area contributed by atoms with Gasteiger partial charge in [-0.3, -0.25) is 0 Å². The van der Waals surface area contributed by atoms with Crippen LogP contribution < -0.4 is 0 Å². The van der Waals surface area contributed by atoms with Crippen LogP contribution in [0.4, 0.5) is 0 Å². The molecule has 0 aliphatic carbocycles. The molecule has 0 saturated carbocycles. The van der Waals surface area contributed by atoms with E-state index in [9.17, 15) is 0 Å². The van der Waals surface area contributed by atoms with E-state index in [4.69, 9.17) is 0 Å². The zero-order chi connectivity index (χ0) is 6.81. The maximum atomic E-state index is 3.76. The summed E-state index contributed by atoms with van der Waals surface area (Å²) in [6.07, 6.45) is 3.52. The van der Waals surface area contributed by atoms with Gasteiger partial charge < -0.3 is 0 Å². The minimum absolute atomic E-state index is 0. The van der Waals surface area contributed by atoms with Crippen LogP contribution in [-0.4, -0.2) is 10.2 Å². The van der Waals surface area contributed by atoms with Crippen molar-refractivity contribution < 1.29 is 0 Å². The predicted molar refractivity (Wildman–Crippen MR) is 54.0 cm³/mol. The summed E-state index contributed by atoms with van der Waals surface area (Å²) in [5, 5.41) is 9.80. The van der Waals surface area contributed by atoms with Crippen molar-refractivity contribution in [1.29, 1.82) is 0 Å². The molecule has 4 heteroatoms. The van der Waals surface area contributed by atoms with Gasteiger partial charge in [0, 0.05) is 10.8 Å². The first-order valence-electron chi connectivity index (χ1n) is 3.12. The van der Waals surface area contributed by atoms with Gasteiger partial charge in [0.15, 0.2) is 0 Å². The molecule has 0 aliphatic rings. The molecule has 64 valence electrons. The zero-order valence-corrected chi connectivity index (χ0v) is 7.81. The van der Waals surface area contributed by atoms with Gasteiger partial charge in [0.1, 0.15) is 0 Å². The Labute approximate surface area is 82.8 Å². The molecule has 2 aromatic rings. The third-order valence-electron chi connectivity index (χ3n) is 1.46. The Morgan fingerprint density at radius 1 is 0.750 bits per heavy atom. The molecule has 1 heterocycles. The average Bonchev–Trinajstić information content (AvgIpc) is 2.05. The number of rotatable bonds is 0. The molecule has 1 aromatic carbocycles. The van der Waals surface area contributed by atoms with Gasteiger partial charge >= 0.3 is 0 Å². The molecule has 0 atom stereocenters. The van der Waals surface area contributed by atoms with Crippen LogP contribution in [0, 0.1) is 0 Å². The fourth-order valence-corrected chi connectivity index (χ4v) is 0.937. The second-order valence-corrected chi connectivity index (χ2v) is 2.12. The van der Waals surface area contributed by atoms with E-state index in [2.05, 4.69) is 10.2 Å². The van der Waals surface area contributed by atoms with Crippen LogP contribution in [0.5, 0.6) is 0 Å². The molecule has 0 amide bonds. The van der Waals surface area contributed by atoms with Crippen LogP contribution in [0.15, 0.2) is 36.7 Å². The molecule has 2 rings (SSSR count). The molecule has 0 unspecified atom stereocenters. The molecule has 0 fully saturated rings. The lowest BCUT2D eigenvalue weighted by atomic mass is 10.2. The second-order valence-electron chi connectivity index (χ2n) is 2.12. The first kappa shape index (κ1) is 11.1. The third kappa shape index (κ3) is 2.06. The summed E-state index contributed by atoms with van der Waals surface area (Å²) in [7, 11) is 0. The minimum atomic E-state index is 0. The van der Waals surface area contributed by atoms with E-state index in [1.54, 1.807) is 12.4 Å². The number of aromatic nitrogens is 2. The lowest BCUT2D eigenvalue weighted by molar-refractivity contribution is 1.05. The van der Waals surface area contributed by atoms with Crippen molar-refractivity contribution >= 4 is 35.6 Å². The predicted octanol–water partition coefficient (Wildman–Crippen LogP) is 2.47. The summed E-state index contributed by atoms with van der Waals surface area (Å²) in [6, 6.07) is 8.02. The molecule has 0 bridgehead atoms. The standard InChI is InChI=1S/C8H6N2.2ClH/c1-2-4-8-6-10-9-5-7(8)3-1;;/h1-6H;2*1H. The Morgan fingerprint density at radius 3 is 1.58 bits per heavy atom. The van der Waals surface area contributed by atoms with E-state index in [0.29, 0.717) is 0 Å². The summed E-state index contributed by atoms with van der Waals surface area (Å²) < 4.78 is 0. The van der Waals surface area contributed by atoms with Gasteiger partial charge in [-0.1, -0.05) is 24.3 Å². The summed E-state index contributed by atoms with van der Waals surface area (Å²) in [5.41, 5.74) is 0. The topological polar surface area (TPSA) is 25.8 Å². The number of hydrogen-bond acceptors (Lipinski definition) is 2. The van der Waals surface area contributed by atoms with Gasteiger partial charge in [-0.25, -0.2) is 0 Å². The van der Waals surface area contributed by atoms with E-state index >= 15 is 0 Å². The highest BCUT2D eigenvalue weighted by Gasteiger charge is 1.87. The quantitative estimate of drug-likeness (QED) is 0.657. The Hall–Kier alpha value is -0.860. The number of fused-ring (bicyclic) bond motifs is 1. The van der Waals surface area contributed by atoms with Crippen molar-refractivity contribution in [1.82, 2.24) is 10.2 Å². The van der Waals surface area contributed by atoms with E-state index in [1.165, 1.54) is 0 Å². The van der Waals surface area contributed by atoms with Gasteiger partial charge in [-0.15, -0.1) is 24.8 Å². The fraction of sp³-hybridized carbons (Fsp3) is 0. The SMILES string of the molecule is Cl.Cl.c1ccc2cnncc2c1. The van der Waals surface area contributed by atoms with Gasteiger partial charge in [-0.05, 0) is 0 Å². The molecule has 1 aromatic heterocycles. The monoisotopic (exact) mass is 202 g/mol. The number of halogens is 2. The third-order valence-corrected chi connectivity index (χ3v) is 1.46. The Balaban J connectivity index is 0.000000605. The lowest BCUT2D eigenvalue weighted by Gasteiger charge is -1.90. The Bertz CT molecular complexity index is 286. The van der Waals surface area contributed by atoms with Crippen molar-refractivity contribution in [3.05, 3.63) is 36.7 Å². The van der Waals surface area contributed by atoms with E-state index in [-0.39, 0.29) is 24.8 Å². The summed E-state index contributed by atoms with van der Waals surface area (Å²) in [5.74, 6) is 0. The molecule has 12 heavy (non-hydrogen) atoms. The molecular weight excluding hydrogens is 195 g/mol. The summed E-state index contributed by atoms with van der Waals surface area (Å²) in [4.78, 5) is 0. The van der Waals surface area contributed by atoms with E-state index in [0.717, 1.165) is 10.8 Å². The van der Waals surface area contributed by atoms with Crippen molar-refractivity contribution in [3.8, 4) is 0 Å². The molecule has 2 nitrogen and oxygen atoms in total. The highest BCUT2D eigenvalue weighted by Crippen LogP contribution is 2.08. The zero-order valence-electron chi connectivity index (χ0n) is 6.18. The molecular formula is C8H8Cl2N2. The van der Waals surface area contributed by atoms with Gasteiger partial charge in [0.25, 0.3) is 0 Å². The Kier molecular flexibility index (Phi) is 4.55. The van der Waals surface area contributed by atoms with Crippen molar-refractivity contribution in [2.24, 2.45) is 0 Å². The number of benzene rings is 1. The molecule has 0 aliphatic heterocycles. The van der Waals surface area contributed by atoms with Crippen LogP contribution in [0.25, 0.3) is 10.8 Å². The van der Waals surface area contributed by atoms with Crippen LogP contribution in [0.3, 0.4) is 0 Å². The average molecular weight is 203 g/mol. The van der Waals surface area contributed by atoms with Crippen LogP contribution in [0.1, 0.15) is 0 Å². The lowest BCUT2D eigenvalue weighted by Crippen LogP contribution is -1.77. The fourth-order valence-electron chi connectivity index (χ4n) is 0.937. The van der Waals surface area contributed by atoms with Crippen LogP contribution >= 0.6 is 24.8 Å². The van der Waals surface area contributed by atoms with Crippen LogP contribution in [-0.2, 0) is 0 Å². The van der Waals surface area contributed by atoms with Crippen molar-refractivity contribution in [3.63, 3.8) is 0 Å². The van der Waals surface area contributed by atoms with E-state index < -0.39 is 0 Å². The van der Waals surface area contributed by atoms with Crippen LogP contribution in [0.2, 0.25) is 0 Å². The van der Waals surface area contributed by atoms with E-state index in [1.807, 2.05) is 24.3 Å². The normalized spacial score (nSPS) is 8.33. The van der Waals surface area contributed by atoms with Crippen molar-refractivity contribution in [2.75, 3.05) is 0 Å². The summed E-state index contributed by atoms with van der Waals surface area (Å²) >= 11 is 0. The minimum Gasteiger partial charge on any atom is -0.158 e. The van der Waals surface area contributed by atoms with Gasteiger partial charge in [0.05, 0.1) is 12.4 Å². The van der Waals surface area contributed by atoms with Crippen molar-refractivity contribution in [2.45, 2.75) is 0 Å². The summed E-state index contributed by atoms with van der Waals surface area (Å²) in [6.45, 7) is 0. The molecule has 0 radical (unpaired) electrons. The first-order chi connectivity index (χ1) is 4.97. The van der Waals surface area contributed by atoms with Gasteiger partial charge in [0.2, 0.25) is 0 Å². The highest BCUT2D eigenvalue weighted by molar-refractivity contribution is 5.85. The Morgan fingerprint density at radius 2 is 1.17 bits per heavy atom. The highest BCUT2D eigenvalue weighted by atomic mass is 35.5. The molecule has 0 N–H and O–H groups in total.